The van der Waals surface area contributed by atoms with E-state index in [1.54, 1.807) is 4.90 Å². The molecule has 0 aliphatic carbocycles. The maximum atomic E-state index is 12.3. The summed E-state index contributed by atoms with van der Waals surface area (Å²) in [5.41, 5.74) is 7.25. The predicted octanol–water partition coefficient (Wildman–Crippen LogP) is 3.54. The molecule has 0 radical (unpaired) electrons. The van der Waals surface area contributed by atoms with E-state index < -0.39 is 5.60 Å². The van der Waals surface area contributed by atoms with Gasteiger partial charge in [0.2, 0.25) is 0 Å². The number of amides is 1. The molecule has 150 valence electrons. The van der Waals surface area contributed by atoms with E-state index in [9.17, 15) is 4.79 Å². The Kier molecular flexibility index (Phi) is 6.34. The number of carbonyl (C=O) groups is 1. The molecule has 1 aromatic rings. The van der Waals surface area contributed by atoms with Crippen molar-refractivity contribution in [1.82, 2.24) is 9.80 Å². The topological polar surface area (TPSA) is 58.8 Å². The number of hydrogen-bond acceptors (Lipinski definition) is 4. The van der Waals surface area contributed by atoms with Crippen LogP contribution in [-0.4, -0.2) is 59.8 Å². The third kappa shape index (κ3) is 5.59. The monoisotopic (exact) mass is 393 g/mol. The minimum atomic E-state index is -0.473. The van der Waals surface area contributed by atoms with Crippen LogP contribution in [0.25, 0.3) is 0 Å². The summed E-state index contributed by atoms with van der Waals surface area (Å²) < 4.78 is 5.50. The molecule has 2 aliphatic rings. The standard InChI is InChI=1S/C21H32ClN3O2/c1-21(2,3)27-20(26)25-13-18(23)19(14-25)24-10-8-16(9-11-24)12-15-4-6-17(22)7-5-15/h4-7,16,18-19H,8-14,23H2,1-3H3. The van der Waals surface area contributed by atoms with E-state index in [4.69, 9.17) is 22.1 Å². The average molecular weight is 394 g/mol. The molecule has 0 aromatic heterocycles. The Morgan fingerprint density at radius 1 is 1.19 bits per heavy atom. The third-order valence-electron chi connectivity index (χ3n) is 5.54. The van der Waals surface area contributed by atoms with Crippen LogP contribution in [-0.2, 0) is 11.2 Å². The molecule has 2 fully saturated rings. The summed E-state index contributed by atoms with van der Waals surface area (Å²) in [6.07, 6.45) is 3.18. The molecule has 2 unspecified atom stereocenters. The number of nitrogens with zero attached hydrogens (tertiary/aromatic N) is 2. The zero-order valence-corrected chi connectivity index (χ0v) is 17.4. The molecule has 2 aliphatic heterocycles. The van der Waals surface area contributed by atoms with Crippen molar-refractivity contribution in [3.05, 3.63) is 34.9 Å². The van der Waals surface area contributed by atoms with Crippen molar-refractivity contribution in [2.45, 2.75) is 57.7 Å². The van der Waals surface area contributed by atoms with Gasteiger partial charge in [-0.2, -0.15) is 0 Å². The number of nitrogens with two attached hydrogens (primary N) is 1. The van der Waals surface area contributed by atoms with Gasteiger partial charge in [0.25, 0.3) is 0 Å². The van der Waals surface area contributed by atoms with Crippen molar-refractivity contribution in [3.8, 4) is 0 Å². The molecule has 1 aromatic carbocycles. The Balaban J connectivity index is 1.49. The van der Waals surface area contributed by atoms with E-state index in [0.717, 1.165) is 37.4 Å². The molecule has 2 N–H and O–H groups in total. The van der Waals surface area contributed by atoms with Crippen molar-refractivity contribution >= 4 is 17.7 Å². The molecule has 0 bridgehead atoms. The van der Waals surface area contributed by atoms with Gasteiger partial charge in [0.15, 0.2) is 0 Å². The van der Waals surface area contributed by atoms with Gasteiger partial charge in [-0.05, 0) is 76.7 Å². The van der Waals surface area contributed by atoms with Gasteiger partial charge in [0, 0.05) is 30.2 Å². The summed E-state index contributed by atoms with van der Waals surface area (Å²) in [7, 11) is 0. The number of halogens is 1. The van der Waals surface area contributed by atoms with Crippen molar-refractivity contribution in [2.75, 3.05) is 26.2 Å². The molecule has 1 amide bonds. The van der Waals surface area contributed by atoms with Crippen LogP contribution in [0.1, 0.15) is 39.2 Å². The minimum absolute atomic E-state index is 0.00895. The van der Waals surface area contributed by atoms with E-state index >= 15 is 0 Å². The largest absolute Gasteiger partial charge is 0.444 e. The van der Waals surface area contributed by atoms with Gasteiger partial charge in [0.05, 0.1) is 0 Å². The Morgan fingerprint density at radius 3 is 2.41 bits per heavy atom. The van der Waals surface area contributed by atoms with Crippen molar-refractivity contribution < 1.29 is 9.53 Å². The number of rotatable bonds is 3. The van der Waals surface area contributed by atoms with Gasteiger partial charge < -0.3 is 15.4 Å². The summed E-state index contributed by atoms with van der Waals surface area (Å²) >= 11 is 5.97. The molecular weight excluding hydrogens is 362 g/mol. The van der Waals surface area contributed by atoms with E-state index in [0.29, 0.717) is 19.0 Å². The highest BCUT2D eigenvalue weighted by Gasteiger charge is 2.39. The minimum Gasteiger partial charge on any atom is -0.444 e. The molecule has 0 spiro atoms. The lowest BCUT2D eigenvalue weighted by molar-refractivity contribution is 0.0274. The van der Waals surface area contributed by atoms with Crippen LogP contribution in [0.5, 0.6) is 0 Å². The lowest BCUT2D eigenvalue weighted by Gasteiger charge is -2.37. The van der Waals surface area contributed by atoms with Crippen molar-refractivity contribution in [2.24, 2.45) is 11.7 Å². The number of piperidine rings is 1. The fraction of sp³-hybridized carbons (Fsp3) is 0.667. The molecule has 0 saturated carbocycles. The quantitative estimate of drug-likeness (QED) is 0.853. The van der Waals surface area contributed by atoms with Crippen molar-refractivity contribution in [1.29, 1.82) is 0 Å². The summed E-state index contributed by atoms with van der Waals surface area (Å²) in [5, 5.41) is 0.790. The van der Waals surface area contributed by atoms with E-state index in [1.165, 1.54) is 5.56 Å². The first-order valence-electron chi connectivity index (χ1n) is 9.93. The van der Waals surface area contributed by atoms with Crippen LogP contribution in [0.15, 0.2) is 24.3 Å². The molecule has 5 nitrogen and oxygen atoms in total. The summed E-state index contributed by atoms with van der Waals surface area (Å²) in [5.74, 6) is 0.696. The predicted molar refractivity (Wildman–Crippen MR) is 109 cm³/mol. The molecule has 6 heteroatoms. The van der Waals surface area contributed by atoms with E-state index in [1.807, 2.05) is 32.9 Å². The zero-order chi connectivity index (χ0) is 19.6. The Morgan fingerprint density at radius 2 is 1.81 bits per heavy atom. The fourth-order valence-corrected chi connectivity index (χ4v) is 4.24. The Bertz CT molecular complexity index is 636. The second-order valence-electron chi connectivity index (χ2n) is 8.93. The normalized spacial score (nSPS) is 25.0. The van der Waals surface area contributed by atoms with Crippen LogP contribution in [0.3, 0.4) is 0 Å². The summed E-state index contributed by atoms with van der Waals surface area (Å²) in [6, 6.07) is 8.41. The van der Waals surface area contributed by atoms with Crippen LogP contribution in [0.4, 0.5) is 4.79 Å². The maximum absolute atomic E-state index is 12.3. The summed E-state index contributed by atoms with van der Waals surface area (Å²) in [4.78, 5) is 16.6. The number of carbonyl (C=O) groups excluding carboxylic acids is 1. The molecule has 3 rings (SSSR count). The molecule has 2 atom stereocenters. The van der Waals surface area contributed by atoms with Crippen molar-refractivity contribution in [3.63, 3.8) is 0 Å². The molecule has 2 saturated heterocycles. The van der Waals surface area contributed by atoms with Gasteiger partial charge in [-0.1, -0.05) is 23.7 Å². The van der Waals surface area contributed by atoms with E-state index in [2.05, 4.69) is 17.0 Å². The van der Waals surface area contributed by atoms with Crippen LogP contribution >= 0.6 is 11.6 Å². The highest BCUT2D eigenvalue weighted by molar-refractivity contribution is 6.30. The Hall–Kier alpha value is -1.30. The zero-order valence-electron chi connectivity index (χ0n) is 16.7. The fourth-order valence-electron chi connectivity index (χ4n) is 4.12. The molecule has 2 heterocycles. The number of likely N-dealkylation sites (tertiary alicyclic amines) is 2. The lowest BCUT2D eigenvalue weighted by Crippen LogP contribution is -2.50. The number of hydrogen-bond donors (Lipinski definition) is 1. The lowest BCUT2D eigenvalue weighted by atomic mass is 9.89. The van der Waals surface area contributed by atoms with Crippen LogP contribution in [0.2, 0.25) is 5.02 Å². The van der Waals surface area contributed by atoms with E-state index in [-0.39, 0.29) is 18.2 Å². The third-order valence-corrected chi connectivity index (χ3v) is 5.79. The smallest absolute Gasteiger partial charge is 0.410 e. The number of ether oxygens (including phenoxy) is 1. The second-order valence-corrected chi connectivity index (χ2v) is 9.36. The first-order valence-corrected chi connectivity index (χ1v) is 10.3. The second kappa shape index (κ2) is 8.38. The Labute approximate surface area is 167 Å². The first-order chi connectivity index (χ1) is 12.7. The van der Waals surface area contributed by atoms with Crippen LogP contribution < -0.4 is 5.73 Å². The maximum Gasteiger partial charge on any atom is 0.410 e. The number of benzene rings is 1. The average Bonchev–Trinajstić information content (AvgIpc) is 2.98. The highest BCUT2D eigenvalue weighted by atomic mass is 35.5. The van der Waals surface area contributed by atoms with Gasteiger partial charge >= 0.3 is 6.09 Å². The summed E-state index contributed by atoms with van der Waals surface area (Å²) in [6.45, 7) is 9.00. The van der Waals surface area contributed by atoms with Gasteiger partial charge in [0.1, 0.15) is 5.60 Å². The van der Waals surface area contributed by atoms with Gasteiger partial charge in [-0.15, -0.1) is 0 Å². The van der Waals surface area contributed by atoms with Gasteiger partial charge in [-0.3, -0.25) is 4.90 Å². The first kappa shape index (κ1) is 20.4. The SMILES string of the molecule is CC(C)(C)OC(=O)N1CC(N)C(N2CCC(Cc3ccc(Cl)cc3)CC2)C1. The highest BCUT2D eigenvalue weighted by Crippen LogP contribution is 2.26. The van der Waals surface area contributed by atoms with Gasteiger partial charge in [-0.25, -0.2) is 4.79 Å². The molecular formula is C21H32ClN3O2. The van der Waals surface area contributed by atoms with Crippen LogP contribution in [0, 0.1) is 5.92 Å². The molecule has 27 heavy (non-hydrogen) atoms.